The van der Waals surface area contributed by atoms with Crippen molar-refractivity contribution in [3.8, 4) is 11.5 Å². The highest BCUT2D eigenvalue weighted by Gasteiger charge is 2.25. The summed E-state index contributed by atoms with van der Waals surface area (Å²) in [5.74, 6) is 1.13. The molecular formula is C27H27N3O5S2. The molecule has 1 aliphatic rings. The summed E-state index contributed by atoms with van der Waals surface area (Å²) in [6, 6.07) is 21.5. The van der Waals surface area contributed by atoms with Crippen LogP contribution < -0.4 is 9.64 Å². The molecule has 1 amide bonds. The number of hydrogen-bond donors (Lipinski definition) is 0. The summed E-state index contributed by atoms with van der Waals surface area (Å²) in [4.78, 5) is 22.4. The summed E-state index contributed by atoms with van der Waals surface area (Å²) in [7, 11) is -3.47. The van der Waals surface area contributed by atoms with Crippen LogP contribution in [0.2, 0.25) is 0 Å². The average Bonchev–Trinajstić information content (AvgIpc) is 3.34. The van der Waals surface area contributed by atoms with Crippen LogP contribution in [0.5, 0.6) is 11.5 Å². The van der Waals surface area contributed by atoms with Crippen molar-refractivity contribution in [2.45, 2.75) is 4.90 Å². The fraction of sp³-hybridized carbons (Fsp3) is 0.259. The largest absolute Gasteiger partial charge is 0.457 e. The number of anilines is 1. The van der Waals surface area contributed by atoms with E-state index in [0.29, 0.717) is 58.7 Å². The molecule has 10 heteroatoms. The molecule has 0 unspecified atom stereocenters. The molecule has 0 N–H and O–H groups in total. The fourth-order valence-electron chi connectivity index (χ4n) is 4.12. The van der Waals surface area contributed by atoms with Gasteiger partial charge >= 0.3 is 0 Å². The molecule has 1 aromatic heterocycles. The lowest BCUT2D eigenvalue weighted by Gasteiger charge is -2.29. The van der Waals surface area contributed by atoms with Crippen LogP contribution in [0.3, 0.4) is 0 Å². The monoisotopic (exact) mass is 537 g/mol. The second-order valence-corrected chi connectivity index (χ2v) is 11.7. The van der Waals surface area contributed by atoms with Crippen molar-refractivity contribution in [2.24, 2.45) is 0 Å². The van der Waals surface area contributed by atoms with E-state index in [4.69, 9.17) is 9.47 Å². The molecule has 8 nitrogen and oxygen atoms in total. The minimum absolute atomic E-state index is 0.162. The van der Waals surface area contributed by atoms with Crippen molar-refractivity contribution < 1.29 is 22.7 Å². The quantitative estimate of drug-likeness (QED) is 0.328. The van der Waals surface area contributed by atoms with Crippen LogP contribution >= 0.6 is 11.3 Å². The third-order valence-electron chi connectivity index (χ3n) is 6.07. The maximum atomic E-state index is 13.7. The number of morpholine rings is 1. The van der Waals surface area contributed by atoms with Gasteiger partial charge in [0.1, 0.15) is 17.0 Å². The first-order valence-electron chi connectivity index (χ1n) is 11.9. The van der Waals surface area contributed by atoms with Crippen LogP contribution in [-0.4, -0.2) is 69.9 Å². The molecule has 1 saturated heterocycles. The van der Waals surface area contributed by atoms with Gasteiger partial charge in [0.15, 0.2) is 15.0 Å². The highest BCUT2D eigenvalue weighted by Crippen LogP contribution is 2.33. The second kappa shape index (κ2) is 11.0. The predicted octanol–water partition coefficient (Wildman–Crippen LogP) is 4.47. The van der Waals surface area contributed by atoms with Crippen LogP contribution in [0.4, 0.5) is 5.13 Å². The Balaban J connectivity index is 1.44. The number of thiazole rings is 1. The summed E-state index contributed by atoms with van der Waals surface area (Å²) in [6.45, 7) is 3.98. The molecule has 4 aromatic rings. The molecule has 0 spiro atoms. The van der Waals surface area contributed by atoms with Gasteiger partial charge in [-0.05, 0) is 48.5 Å². The highest BCUT2D eigenvalue weighted by molar-refractivity contribution is 7.91. The molecule has 3 aromatic carbocycles. The molecular weight excluding hydrogens is 510 g/mol. The van der Waals surface area contributed by atoms with E-state index in [2.05, 4.69) is 9.88 Å². The van der Waals surface area contributed by atoms with Gasteiger partial charge in [-0.15, -0.1) is 0 Å². The van der Waals surface area contributed by atoms with Gasteiger partial charge in [0.25, 0.3) is 5.91 Å². The molecule has 2 heterocycles. The minimum atomic E-state index is -3.47. The molecule has 192 valence electrons. The van der Waals surface area contributed by atoms with E-state index in [0.717, 1.165) is 13.1 Å². The summed E-state index contributed by atoms with van der Waals surface area (Å²) >= 11 is 1.31. The van der Waals surface area contributed by atoms with Crippen molar-refractivity contribution in [3.63, 3.8) is 0 Å². The van der Waals surface area contributed by atoms with Crippen molar-refractivity contribution in [3.05, 3.63) is 78.4 Å². The molecule has 0 saturated carbocycles. The first-order chi connectivity index (χ1) is 17.9. The lowest BCUT2D eigenvalue weighted by molar-refractivity contribution is 0.0391. The first kappa shape index (κ1) is 25.3. The number of ether oxygens (including phenoxy) is 2. The van der Waals surface area contributed by atoms with E-state index in [1.165, 1.54) is 17.6 Å². The zero-order chi connectivity index (χ0) is 25.8. The fourth-order valence-corrected chi connectivity index (χ4v) is 6.04. The zero-order valence-corrected chi connectivity index (χ0v) is 22.0. The van der Waals surface area contributed by atoms with Gasteiger partial charge in [-0.3, -0.25) is 14.6 Å². The van der Waals surface area contributed by atoms with Crippen LogP contribution in [-0.2, 0) is 14.6 Å². The third-order valence-corrected chi connectivity index (χ3v) is 8.24. The minimum Gasteiger partial charge on any atom is -0.457 e. The van der Waals surface area contributed by atoms with E-state index in [-0.39, 0.29) is 10.8 Å². The van der Waals surface area contributed by atoms with Gasteiger partial charge in [0.2, 0.25) is 0 Å². The number of benzene rings is 3. The van der Waals surface area contributed by atoms with Gasteiger partial charge in [-0.25, -0.2) is 13.4 Å². The van der Waals surface area contributed by atoms with Gasteiger partial charge in [0.05, 0.1) is 22.8 Å². The number of carbonyl (C=O) groups is 1. The molecule has 0 aliphatic carbocycles. The van der Waals surface area contributed by atoms with E-state index in [9.17, 15) is 13.2 Å². The smallest absolute Gasteiger partial charge is 0.260 e. The van der Waals surface area contributed by atoms with Crippen molar-refractivity contribution in [1.82, 2.24) is 9.88 Å². The molecule has 5 rings (SSSR count). The van der Waals surface area contributed by atoms with E-state index in [1.54, 1.807) is 41.3 Å². The number of amides is 1. The van der Waals surface area contributed by atoms with Gasteiger partial charge in [0, 0.05) is 38.0 Å². The molecule has 37 heavy (non-hydrogen) atoms. The second-order valence-electron chi connectivity index (χ2n) is 8.72. The van der Waals surface area contributed by atoms with Crippen LogP contribution in [0.25, 0.3) is 10.2 Å². The van der Waals surface area contributed by atoms with Crippen LogP contribution in [0.15, 0.2) is 77.7 Å². The van der Waals surface area contributed by atoms with Gasteiger partial charge in [-0.1, -0.05) is 35.6 Å². The lowest BCUT2D eigenvalue weighted by Crippen LogP contribution is -2.43. The molecule has 1 aliphatic heterocycles. The normalized spacial score (nSPS) is 14.5. The summed E-state index contributed by atoms with van der Waals surface area (Å²) < 4.78 is 36.7. The Morgan fingerprint density at radius 3 is 2.41 bits per heavy atom. The van der Waals surface area contributed by atoms with Crippen molar-refractivity contribution >= 4 is 42.4 Å². The maximum Gasteiger partial charge on any atom is 0.260 e. The number of para-hydroxylation sites is 2. The van der Waals surface area contributed by atoms with Crippen LogP contribution in [0, 0.1) is 0 Å². The number of rotatable bonds is 8. The van der Waals surface area contributed by atoms with Crippen molar-refractivity contribution in [2.75, 3.05) is 50.5 Å². The maximum absolute atomic E-state index is 13.7. The Labute approximate surface area is 220 Å². The number of hydrogen-bond acceptors (Lipinski definition) is 8. The number of carbonyl (C=O) groups excluding carboxylic acids is 1. The molecule has 0 bridgehead atoms. The molecule has 0 radical (unpaired) electrons. The summed E-state index contributed by atoms with van der Waals surface area (Å²) in [6.07, 6.45) is 1.17. The van der Waals surface area contributed by atoms with Gasteiger partial charge in [-0.2, -0.15) is 0 Å². The van der Waals surface area contributed by atoms with Crippen LogP contribution in [0.1, 0.15) is 10.4 Å². The Morgan fingerprint density at radius 2 is 1.70 bits per heavy atom. The number of fused-ring (bicyclic) bond motifs is 1. The lowest BCUT2D eigenvalue weighted by atomic mass is 10.2. The average molecular weight is 538 g/mol. The van der Waals surface area contributed by atoms with Crippen molar-refractivity contribution in [1.29, 1.82) is 0 Å². The summed E-state index contributed by atoms with van der Waals surface area (Å²) in [5, 5.41) is 0.467. The Hall–Kier alpha value is -3.31. The van der Waals surface area contributed by atoms with E-state index >= 15 is 0 Å². The van der Waals surface area contributed by atoms with Gasteiger partial charge < -0.3 is 9.47 Å². The topological polar surface area (TPSA) is 89.0 Å². The summed E-state index contributed by atoms with van der Waals surface area (Å²) in [5.41, 5.74) is 0.880. The SMILES string of the molecule is CS(=O)(=O)c1cccc2sc(N(CCN3CCOCC3)C(=O)c3ccc(Oc4ccccc4)cc3)nc12. The van der Waals surface area contributed by atoms with E-state index < -0.39 is 9.84 Å². The first-order valence-corrected chi connectivity index (χ1v) is 14.6. The molecule has 1 fully saturated rings. The number of sulfone groups is 1. The number of aromatic nitrogens is 1. The zero-order valence-electron chi connectivity index (χ0n) is 20.4. The Morgan fingerprint density at radius 1 is 1.00 bits per heavy atom. The third kappa shape index (κ3) is 5.99. The Kier molecular flexibility index (Phi) is 7.52. The standard InChI is InChI=1S/C27H27N3O5S2/c1-37(32,33)24-9-5-8-23-25(24)28-27(36-23)30(15-14-29-16-18-34-19-17-29)26(31)20-10-12-22(13-11-20)35-21-6-3-2-4-7-21/h2-13H,14-19H2,1H3. The number of nitrogens with zero attached hydrogens (tertiary/aromatic N) is 3. The predicted molar refractivity (Wildman–Crippen MR) is 145 cm³/mol. The van der Waals surface area contributed by atoms with E-state index in [1.807, 2.05) is 36.4 Å². The Bertz CT molecular complexity index is 1480. The molecule has 0 atom stereocenters. The highest BCUT2D eigenvalue weighted by atomic mass is 32.2.